The van der Waals surface area contributed by atoms with Gasteiger partial charge in [-0.3, -0.25) is 0 Å². The Labute approximate surface area is 129 Å². The van der Waals surface area contributed by atoms with Crippen molar-refractivity contribution in [1.82, 2.24) is 4.98 Å². The van der Waals surface area contributed by atoms with Crippen molar-refractivity contribution in [3.63, 3.8) is 0 Å². The smallest absolute Gasteiger partial charge is 0.182 e. The van der Waals surface area contributed by atoms with Gasteiger partial charge in [0.1, 0.15) is 0 Å². The average molecular weight is 301 g/mol. The molecule has 0 saturated carbocycles. The van der Waals surface area contributed by atoms with Gasteiger partial charge in [-0.15, -0.1) is 5.92 Å². The molecule has 1 aromatic rings. The Hall–Kier alpha value is -1.87. The van der Waals surface area contributed by atoms with Crippen LogP contribution in [0.4, 0.5) is 0 Å². The Kier molecular flexibility index (Phi) is 3.92. The number of aromatic nitrogens is 1. The third-order valence-electron chi connectivity index (χ3n) is 4.04. The molecule has 1 fully saturated rings. The first-order valence-electron chi connectivity index (χ1n) is 7.32. The van der Waals surface area contributed by atoms with Crippen LogP contribution >= 0.6 is 0 Å². The van der Waals surface area contributed by atoms with Crippen LogP contribution in [0, 0.1) is 17.8 Å². The molecule has 1 saturated heterocycles. The lowest BCUT2D eigenvalue weighted by molar-refractivity contribution is -0.196. The Morgan fingerprint density at radius 1 is 1.45 bits per heavy atom. The number of hydrogen-bond acceptors (Lipinski definition) is 5. The largest absolute Gasteiger partial charge is 0.444 e. The molecule has 2 heterocycles. The number of aliphatic hydroxyl groups is 1. The minimum absolute atomic E-state index is 0.500. The van der Waals surface area contributed by atoms with Crippen LogP contribution in [0.5, 0.6) is 0 Å². The zero-order valence-electron chi connectivity index (χ0n) is 12.7. The zero-order valence-corrected chi connectivity index (χ0v) is 12.7. The van der Waals surface area contributed by atoms with Gasteiger partial charge in [-0.1, -0.05) is 18.1 Å². The van der Waals surface area contributed by atoms with Gasteiger partial charge in [0.25, 0.3) is 0 Å². The van der Waals surface area contributed by atoms with E-state index in [9.17, 15) is 5.11 Å². The second-order valence-corrected chi connectivity index (χ2v) is 5.37. The standard InChI is InChI=1S/C17H19NO4/c1-3-6-16(19,7-4-2)15-13(14-11-18-12-20-14)5-8-17(15)21-9-10-22-17/h3,5-6,11-12,15,19H,8-10H2,1-2H3/b6-3+/t15-,16-/m1/s1. The summed E-state index contributed by atoms with van der Waals surface area (Å²) in [5.74, 6) is 4.90. The summed E-state index contributed by atoms with van der Waals surface area (Å²) in [6.07, 6.45) is 8.97. The fourth-order valence-corrected chi connectivity index (χ4v) is 3.32. The van der Waals surface area contributed by atoms with Crippen LogP contribution in [-0.2, 0) is 9.47 Å². The fraction of sp³-hybridized carbons (Fsp3) is 0.471. The predicted octanol–water partition coefficient (Wildman–Crippen LogP) is 2.15. The molecule has 1 N–H and O–H groups in total. The maximum Gasteiger partial charge on any atom is 0.182 e. The van der Waals surface area contributed by atoms with Gasteiger partial charge in [0, 0.05) is 12.0 Å². The van der Waals surface area contributed by atoms with Crippen LogP contribution in [0.3, 0.4) is 0 Å². The van der Waals surface area contributed by atoms with E-state index in [4.69, 9.17) is 13.9 Å². The normalized spacial score (nSPS) is 26.0. The summed E-state index contributed by atoms with van der Waals surface area (Å²) >= 11 is 0. The molecule has 0 radical (unpaired) electrons. The molecule has 0 aromatic carbocycles. The Morgan fingerprint density at radius 2 is 2.23 bits per heavy atom. The summed E-state index contributed by atoms with van der Waals surface area (Å²) in [6, 6.07) is 0. The van der Waals surface area contributed by atoms with Gasteiger partial charge in [-0.2, -0.15) is 0 Å². The number of ether oxygens (including phenoxy) is 2. The quantitative estimate of drug-likeness (QED) is 0.684. The van der Waals surface area contributed by atoms with E-state index in [2.05, 4.69) is 16.8 Å². The molecule has 22 heavy (non-hydrogen) atoms. The Balaban J connectivity index is 2.10. The third-order valence-corrected chi connectivity index (χ3v) is 4.04. The lowest BCUT2D eigenvalue weighted by Crippen LogP contribution is -2.49. The molecule has 0 bridgehead atoms. The first kappa shape index (κ1) is 15.0. The number of hydrogen-bond donors (Lipinski definition) is 1. The summed E-state index contributed by atoms with van der Waals surface area (Å²) < 4.78 is 17.2. The van der Waals surface area contributed by atoms with Crippen molar-refractivity contribution in [1.29, 1.82) is 0 Å². The number of oxazole rings is 1. The maximum absolute atomic E-state index is 11.2. The van der Waals surface area contributed by atoms with Gasteiger partial charge in [0.2, 0.25) is 0 Å². The van der Waals surface area contributed by atoms with Crippen LogP contribution in [-0.4, -0.2) is 34.7 Å². The first-order chi connectivity index (χ1) is 10.7. The molecule has 0 unspecified atom stereocenters. The minimum atomic E-state index is -1.40. The second-order valence-electron chi connectivity index (χ2n) is 5.37. The summed E-state index contributed by atoms with van der Waals surface area (Å²) in [5, 5.41) is 11.2. The van der Waals surface area contributed by atoms with Crippen molar-refractivity contribution >= 4 is 5.57 Å². The molecule has 5 nitrogen and oxygen atoms in total. The van der Waals surface area contributed by atoms with Crippen molar-refractivity contribution in [3.05, 3.63) is 36.6 Å². The topological polar surface area (TPSA) is 64.7 Å². The van der Waals surface area contributed by atoms with E-state index in [1.165, 1.54) is 6.39 Å². The van der Waals surface area contributed by atoms with Crippen molar-refractivity contribution in [2.75, 3.05) is 13.2 Å². The molecule has 0 amide bonds. The molecule has 3 rings (SSSR count). The lowest BCUT2D eigenvalue weighted by Gasteiger charge is -2.38. The van der Waals surface area contributed by atoms with Gasteiger partial charge < -0.3 is 19.0 Å². The molecule has 2 aliphatic rings. The van der Waals surface area contributed by atoms with Crippen molar-refractivity contribution < 1.29 is 19.0 Å². The highest BCUT2D eigenvalue weighted by molar-refractivity contribution is 5.69. The maximum atomic E-state index is 11.2. The van der Waals surface area contributed by atoms with Gasteiger partial charge in [-0.25, -0.2) is 4.98 Å². The summed E-state index contributed by atoms with van der Waals surface area (Å²) in [5.41, 5.74) is -0.592. The summed E-state index contributed by atoms with van der Waals surface area (Å²) in [6.45, 7) is 4.54. The van der Waals surface area contributed by atoms with Gasteiger partial charge in [0.05, 0.1) is 25.3 Å². The van der Waals surface area contributed by atoms with Crippen molar-refractivity contribution in [3.8, 4) is 11.8 Å². The van der Waals surface area contributed by atoms with Gasteiger partial charge >= 0.3 is 0 Å². The van der Waals surface area contributed by atoms with Crippen LogP contribution in [0.1, 0.15) is 26.0 Å². The predicted molar refractivity (Wildman–Crippen MR) is 80.4 cm³/mol. The lowest BCUT2D eigenvalue weighted by atomic mass is 9.78. The molecule has 1 aliphatic carbocycles. The molecule has 2 atom stereocenters. The highest BCUT2D eigenvalue weighted by Gasteiger charge is 2.57. The molecule has 1 aromatic heterocycles. The molecular formula is C17H19NO4. The van der Waals surface area contributed by atoms with Crippen LogP contribution < -0.4 is 0 Å². The first-order valence-corrected chi connectivity index (χ1v) is 7.32. The van der Waals surface area contributed by atoms with Crippen LogP contribution in [0.15, 0.2) is 35.2 Å². The second kappa shape index (κ2) is 5.73. The van der Waals surface area contributed by atoms with Gasteiger partial charge in [0.15, 0.2) is 23.5 Å². The van der Waals surface area contributed by atoms with E-state index in [1.807, 2.05) is 13.0 Å². The highest BCUT2D eigenvalue weighted by atomic mass is 16.7. The van der Waals surface area contributed by atoms with Crippen LogP contribution in [0.25, 0.3) is 5.57 Å². The van der Waals surface area contributed by atoms with Crippen molar-refractivity contribution in [2.24, 2.45) is 5.92 Å². The molecular weight excluding hydrogens is 282 g/mol. The van der Waals surface area contributed by atoms with E-state index in [0.29, 0.717) is 25.4 Å². The average Bonchev–Trinajstić information content (AvgIpc) is 3.21. The third kappa shape index (κ3) is 2.30. The van der Waals surface area contributed by atoms with E-state index >= 15 is 0 Å². The van der Waals surface area contributed by atoms with Gasteiger partial charge in [-0.05, 0) is 19.9 Å². The van der Waals surface area contributed by atoms with E-state index in [-0.39, 0.29) is 0 Å². The Bertz CT molecular complexity index is 644. The van der Waals surface area contributed by atoms with Crippen LogP contribution in [0.2, 0.25) is 0 Å². The summed E-state index contributed by atoms with van der Waals surface area (Å²) in [7, 11) is 0. The van der Waals surface area contributed by atoms with Crippen molar-refractivity contribution in [2.45, 2.75) is 31.7 Å². The SMILES string of the molecule is CC#C[C@](O)(/C=C/C)[C@H]1C(c2cnco2)=CCC12OCCO2. The highest BCUT2D eigenvalue weighted by Crippen LogP contribution is 2.51. The number of allylic oxidation sites excluding steroid dienone is 1. The molecule has 5 heteroatoms. The minimum Gasteiger partial charge on any atom is -0.444 e. The van der Waals surface area contributed by atoms with E-state index < -0.39 is 17.3 Å². The number of rotatable bonds is 3. The summed E-state index contributed by atoms with van der Waals surface area (Å²) in [4.78, 5) is 3.97. The van der Waals surface area contributed by atoms with E-state index in [0.717, 1.165) is 5.57 Å². The monoisotopic (exact) mass is 301 g/mol. The Morgan fingerprint density at radius 3 is 2.82 bits per heavy atom. The number of nitrogens with zero attached hydrogens (tertiary/aromatic N) is 1. The van der Waals surface area contributed by atoms with E-state index in [1.54, 1.807) is 25.3 Å². The molecule has 1 spiro atoms. The molecule has 116 valence electrons. The fourth-order valence-electron chi connectivity index (χ4n) is 3.32. The molecule has 1 aliphatic heterocycles. The zero-order chi connectivity index (χ0) is 15.6.